The maximum atomic E-state index is 11.8. The van der Waals surface area contributed by atoms with Crippen molar-refractivity contribution in [1.82, 2.24) is 9.71 Å². The molecule has 0 amide bonds. The minimum absolute atomic E-state index is 0.270. The Labute approximate surface area is 228 Å². The number of nitrogens with one attached hydrogen (secondary N) is 1. The van der Waals surface area contributed by atoms with Crippen LogP contribution >= 0.6 is 23.2 Å². The minimum atomic E-state index is -3.31. The molecule has 37 heavy (non-hydrogen) atoms. The second-order valence-electron chi connectivity index (χ2n) is 9.79. The standard InChI is InChI=1S/C28H29Cl2N3O3S/c1-28(2,23-14-20(16-31)27(24(30)15-23)36-12-11-29)22-9-7-18(8-10-22)21-13-19-5-4-6-25(26(19)32-17-21)33-37(3,34)35/h7-10,13-15,17,25,33H,4-6,11-12H2,1-3H3. The monoisotopic (exact) mass is 557 g/mol. The van der Waals surface area contributed by atoms with Crippen LogP contribution in [-0.4, -0.2) is 32.1 Å². The summed E-state index contributed by atoms with van der Waals surface area (Å²) in [6.07, 6.45) is 5.50. The Hall–Kier alpha value is -2.63. The Morgan fingerprint density at radius 1 is 1.16 bits per heavy atom. The van der Waals surface area contributed by atoms with E-state index in [1.165, 1.54) is 6.26 Å². The van der Waals surface area contributed by atoms with E-state index in [9.17, 15) is 13.7 Å². The van der Waals surface area contributed by atoms with Gasteiger partial charge in [0.15, 0.2) is 5.75 Å². The fourth-order valence-corrected chi connectivity index (χ4v) is 5.87. The van der Waals surface area contributed by atoms with Crippen LogP contribution in [0.3, 0.4) is 0 Å². The normalized spacial score (nSPS) is 15.6. The number of hydrogen-bond donors (Lipinski definition) is 1. The zero-order chi connectivity index (χ0) is 26.8. The van der Waals surface area contributed by atoms with E-state index in [-0.39, 0.29) is 12.6 Å². The molecule has 3 aromatic rings. The number of hydrogen-bond acceptors (Lipinski definition) is 5. The number of nitriles is 1. The van der Waals surface area contributed by atoms with Crippen LogP contribution in [0.4, 0.5) is 0 Å². The first-order valence-corrected chi connectivity index (χ1v) is 14.8. The first kappa shape index (κ1) is 27.4. The van der Waals surface area contributed by atoms with Crippen molar-refractivity contribution in [3.63, 3.8) is 0 Å². The van der Waals surface area contributed by atoms with Crippen molar-refractivity contribution < 1.29 is 13.2 Å². The molecule has 1 unspecified atom stereocenters. The Morgan fingerprint density at radius 2 is 1.89 bits per heavy atom. The van der Waals surface area contributed by atoms with Gasteiger partial charge in [0.1, 0.15) is 12.7 Å². The Morgan fingerprint density at radius 3 is 2.54 bits per heavy atom. The van der Waals surface area contributed by atoms with Crippen LogP contribution in [0.15, 0.2) is 48.7 Å². The van der Waals surface area contributed by atoms with Gasteiger partial charge in [-0.1, -0.05) is 49.7 Å². The van der Waals surface area contributed by atoms with Gasteiger partial charge in [0.05, 0.1) is 34.5 Å². The van der Waals surface area contributed by atoms with Crippen LogP contribution in [0.1, 0.15) is 60.7 Å². The molecule has 1 aromatic heterocycles. The molecule has 0 saturated heterocycles. The number of pyridine rings is 1. The molecule has 0 aliphatic heterocycles. The van der Waals surface area contributed by atoms with Crippen molar-refractivity contribution in [2.24, 2.45) is 0 Å². The van der Waals surface area contributed by atoms with Gasteiger partial charge in [0.2, 0.25) is 10.0 Å². The van der Waals surface area contributed by atoms with E-state index in [2.05, 4.69) is 60.0 Å². The zero-order valence-corrected chi connectivity index (χ0v) is 23.3. The molecule has 1 N–H and O–H groups in total. The molecular weight excluding hydrogens is 529 g/mol. The lowest BCUT2D eigenvalue weighted by molar-refractivity contribution is 0.341. The lowest BCUT2D eigenvalue weighted by atomic mass is 9.77. The van der Waals surface area contributed by atoms with Gasteiger partial charge in [0, 0.05) is 17.2 Å². The average molecular weight is 559 g/mol. The molecule has 2 aromatic carbocycles. The van der Waals surface area contributed by atoms with Gasteiger partial charge in [0.25, 0.3) is 0 Å². The van der Waals surface area contributed by atoms with E-state index in [1.54, 1.807) is 6.20 Å². The molecule has 0 saturated carbocycles. The molecule has 6 nitrogen and oxygen atoms in total. The Kier molecular flexibility index (Phi) is 8.15. The molecule has 1 atom stereocenters. The summed E-state index contributed by atoms with van der Waals surface area (Å²) in [6, 6.07) is 15.9. The molecule has 194 valence electrons. The van der Waals surface area contributed by atoms with Crippen molar-refractivity contribution in [1.29, 1.82) is 5.26 Å². The van der Waals surface area contributed by atoms with E-state index < -0.39 is 15.4 Å². The lowest BCUT2D eigenvalue weighted by Gasteiger charge is -2.27. The van der Waals surface area contributed by atoms with Crippen molar-refractivity contribution in [2.75, 3.05) is 18.7 Å². The predicted molar refractivity (Wildman–Crippen MR) is 148 cm³/mol. The lowest BCUT2D eigenvalue weighted by Crippen LogP contribution is -2.30. The number of nitrogens with zero attached hydrogens (tertiary/aromatic N) is 2. The van der Waals surface area contributed by atoms with Gasteiger partial charge >= 0.3 is 0 Å². The summed E-state index contributed by atoms with van der Waals surface area (Å²) in [4.78, 5) is 4.65. The van der Waals surface area contributed by atoms with Gasteiger partial charge in [-0.3, -0.25) is 4.98 Å². The fraction of sp³-hybridized carbons (Fsp3) is 0.357. The number of aromatic nitrogens is 1. The predicted octanol–water partition coefficient (Wildman–Crippen LogP) is 6.14. The van der Waals surface area contributed by atoms with Crippen molar-refractivity contribution in [3.05, 3.63) is 81.6 Å². The highest BCUT2D eigenvalue weighted by atomic mass is 35.5. The number of sulfonamides is 1. The second kappa shape index (κ2) is 11.0. The molecule has 1 aliphatic carbocycles. The van der Waals surface area contributed by atoms with Crippen LogP contribution in [0.2, 0.25) is 5.02 Å². The minimum Gasteiger partial charge on any atom is -0.489 e. The molecule has 0 spiro atoms. The first-order valence-electron chi connectivity index (χ1n) is 12.0. The topological polar surface area (TPSA) is 92.1 Å². The summed E-state index contributed by atoms with van der Waals surface area (Å²) >= 11 is 12.2. The highest BCUT2D eigenvalue weighted by Crippen LogP contribution is 2.39. The van der Waals surface area contributed by atoms with E-state index in [1.807, 2.05) is 12.1 Å². The Balaban J connectivity index is 1.61. The molecule has 4 rings (SSSR count). The van der Waals surface area contributed by atoms with E-state index in [0.717, 1.165) is 52.8 Å². The molecule has 1 heterocycles. The quantitative estimate of drug-likeness (QED) is 0.335. The summed E-state index contributed by atoms with van der Waals surface area (Å²) in [5, 5.41) is 10.0. The fourth-order valence-electron chi connectivity index (χ4n) is 4.77. The first-order chi connectivity index (χ1) is 17.5. The van der Waals surface area contributed by atoms with E-state index in [4.69, 9.17) is 27.9 Å². The van der Waals surface area contributed by atoms with Crippen LogP contribution in [-0.2, 0) is 21.9 Å². The summed E-state index contributed by atoms with van der Waals surface area (Å²) in [7, 11) is -3.31. The van der Waals surface area contributed by atoms with Crippen LogP contribution in [0, 0.1) is 11.3 Å². The van der Waals surface area contributed by atoms with Gasteiger partial charge in [-0.25, -0.2) is 13.1 Å². The summed E-state index contributed by atoms with van der Waals surface area (Å²) in [5.74, 6) is 0.659. The maximum Gasteiger partial charge on any atom is 0.209 e. The maximum absolute atomic E-state index is 11.8. The largest absolute Gasteiger partial charge is 0.489 e. The molecular formula is C28H29Cl2N3O3S. The number of ether oxygens (including phenoxy) is 1. The zero-order valence-electron chi connectivity index (χ0n) is 21.0. The Bertz CT molecular complexity index is 1450. The van der Waals surface area contributed by atoms with E-state index in [0.29, 0.717) is 22.2 Å². The number of aryl methyl sites for hydroxylation is 1. The van der Waals surface area contributed by atoms with Crippen LogP contribution in [0.5, 0.6) is 5.75 Å². The van der Waals surface area contributed by atoms with Gasteiger partial charge in [-0.2, -0.15) is 5.26 Å². The number of rotatable bonds is 8. The van der Waals surface area contributed by atoms with Gasteiger partial charge in [-0.15, -0.1) is 11.6 Å². The average Bonchev–Trinajstić information content (AvgIpc) is 2.86. The van der Waals surface area contributed by atoms with E-state index >= 15 is 0 Å². The molecule has 0 radical (unpaired) electrons. The summed E-state index contributed by atoms with van der Waals surface area (Å²) in [5.41, 5.74) is 5.81. The van der Waals surface area contributed by atoms with Crippen molar-refractivity contribution >= 4 is 33.2 Å². The van der Waals surface area contributed by atoms with Crippen LogP contribution < -0.4 is 9.46 Å². The smallest absolute Gasteiger partial charge is 0.209 e. The third-order valence-corrected chi connectivity index (χ3v) is 7.92. The third-order valence-electron chi connectivity index (χ3n) is 6.78. The molecule has 0 fully saturated rings. The highest BCUT2D eigenvalue weighted by Gasteiger charge is 2.27. The number of halogens is 2. The SMILES string of the molecule is CC(C)(c1ccc(-c2cnc3c(c2)CCCC3NS(C)(=O)=O)cc1)c1cc(Cl)c(OCCCl)c(C#N)c1. The molecule has 0 bridgehead atoms. The second-order valence-corrected chi connectivity index (χ2v) is 12.4. The highest BCUT2D eigenvalue weighted by molar-refractivity contribution is 7.88. The van der Waals surface area contributed by atoms with Crippen molar-refractivity contribution in [2.45, 2.75) is 44.6 Å². The van der Waals surface area contributed by atoms with Gasteiger partial charge in [-0.05, 0) is 59.7 Å². The van der Waals surface area contributed by atoms with Crippen molar-refractivity contribution in [3.8, 4) is 22.9 Å². The molecule has 9 heteroatoms. The van der Waals surface area contributed by atoms with Crippen LogP contribution in [0.25, 0.3) is 11.1 Å². The number of benzene rings is 2. The number of alkyl halides is 1. The third kappa shape index (κ3) is 6.10. The summed E-state index contributed by atoms with van der Waals surface area (Å²) in [6.45, 7) is 4.44. The summed E-state index contributed by atoms with van der Waals surface area (Å²) < 4.78 is 31.8. The van der Waals surface area contributed by atoms with Gasteiger partial charge < -0.3 is 4.74 Å². The molecule has 1 aliphatic rings. The number of fused-ring (bicyclic) bond motifs is 1.